The highest BCUT2D eigenvalue weighted by atomic mass is 32.1. The van der Waals surface area contributed by atoms with Gasteiger partial charge in [-0.2, -0.15) is 27.0 Å². The molecule has 2 saturated carbocycles. The maximum absolute atomic E-state index is 13.6. The number of fused-ring (bicyclic) bond motifs is 1. The first-order chi connectivity index (χ1) is 17.6. The molecular formula is C30H47N3O4S2. The Bertz CT molecular complexity index is 988. The SMILES string of the molecule is C.O=C(N[C@H](C(=O)N1CC[C@H]2OCC(=O)[C@H]21)C1CCCC1)c1ccc(C2CCN(C3CCC3)CC2)cc1.S.S. The van der Waals surface area contributed by atoms with Gasteiger partial charge in [-0.25, -0.2) is 0 Å². The number of hydrogen-bond acceptors (Lipinski definition) is 5. The zero-order chi connectivity index (χ0) is 24.6. The van der Waals surface area contributed by atoms with Crippen LogP contribution >= 0.6 is 27.0 Å². The van der Waals surface area contributed by atoms with Crippen LogP contribution in [-0.4, -0.2) is 77.9 Å². The van der Waals surface area contributed by atoms with Crippen molar-refractivity contribution < 1.29 is 19.1 Å². The van der Waals surface area contributed by atoms with Gasteiger partial charge in [0.1, 0.15) is 18.7 Å². The van der Waals surface area contributed by atoms with E-state index in [-0.39, 0.29) is 70.6 Å². The minimum absolute atomic E-state index is 0. The standard InChI is InChI=1S/C29H39N3O4.CH4.2H2S/c33-24-18-36-25-14-17-32(27(24)25)29(35)26(21-4-1-2-5-21)30-28(34)22-10-8-19(9-11-22)20-12-15-31(16-13-20)23-6-3-7-23;;;/h8-11,20-21,23,25-27H,1-7,12-18H2,(H,30,34);1H4;2*1H2/t25-,26+,27-;;;/m1.../s1. The van der Waals surface area contributed by atoms with Crippen LogP contribution < -0.4 is 5.32 Å². The van der Waals surface area contributed by atoms with Crippen LogP contribution in [0, 0.1) is 5.92 Å². The number of carbonyl (C=O) groups excluding carboxylic acids is 3. The molecule has 1 aromatic carbocycles. The van der Waals surface area contributed by atoms with Gasteiger partial charge in [-0.3, -0.25) is 14.4 Å². The summed E-state index contributed by atoms with van der Waals surface area (Å²) in [5.41, 5.74) is 1.91. The molecule has 3 atom stereocenters. The second kappa shape index (κ2) is 13.9. The van der Waals surface area contributed by atoms with Gasteiger partial charge < -0.3 is 19.9 Å². The third kappa shape index (κ3) is 6.52. The first-order valence-electron chi connectivity index (χ1n) is 14.2. The lowest BCUT2D eigenvalue weighted by atomic mass is 9.85. The van der Waals surface area contributed by atoms with E-state index in [1.165, 1.54) is 50.8 Å². The summed E-state index contributed by atoms with van der Waals surface area (Å²) in [5, 5.41) is 3.09. The predicted molar refractivity (Wildman–Crippen MR) is 163 cm³/mol. The molecule has 7 nitrogen and oxygen atoms in total. The average molecular weight is 578 g/mol. The first kappa shape index (κ1) is 32.0. The molecule has 3 saturated heterocycles. The summed E-state index contributed by atoms with van der Waals surface area (Å²) >= 11 is 0. The van der Waals surface area contributed by atoms with Gasteiger partial charge in [-0.1, -0.05) is 38.8 Å². The number of ketones is 1. The fourth-order valence-corrected chi connectivity index (χ4v) is 7.17. The third-order valence-electron chi connectivity index (χ3n) is 9.58. The molecule has 1 N–H and O–H groups in total. The molecule has 5 aliphatic rings. The van der Waals surface area contributed by atoms with Crippen LogP contribution in [0.5, 0.6) is 0 Å². The van der Waals surface area contributed by atoms with E-state index in [9.17, 15) is 14.4 Å². The van der Waals surface area contributed by atoms with Crippen molar-refractivity contribution in [2.75, 3.05) is 26.2 Å². The van der Waals surface area contributed by atoms with Gasteiger partial charge in [0.25, 0.3) is 5.91 Å². The van der Waals surface area contributed by atoms with E-state index in [0.29, 0.717) is 24.4 Å². The Balaban J connectivity index is 0.00000140. The van der Waals surface area contributed by atoms with Gasteiger partial charge in [0.05, 0.1) is 6.10 Å². The minimum atomic E-state index is -0.581. The number of nitrogens with zero attached hydrogens (tertiary/aromatic N) is 2. The normalized spacial score (nSPS) is 26.6. The summed E-state index contributed by atoms with van der Waals surface area (Å²) in [6, 6.07) is 7.79. The van der Waals surface area contributed by atoms with Gasteiger partial charge in [0.2, 0.25) is 5.91 Å². The summed E-state index contributed by atoms with van der Waals surface area (Å²) in [5.74, 6) is 0.350. The third-order valence-corrected chi connectivity index (χ3v) is 9.58. The summed E-state index contributed by atoms with van der Waals surface area (Å²) in [6.07, 6.45) is 11.0. The molecule has 3 aliphatic heterocycles. The Labute approximate surface area is 247 Å². The number of piperidine rings is 1. The fraction of sp³-hybridized carbons (Fsp3) is 0.700. The maximum Gasteiger partial charge on any atom is 0.251 e. The van der Waals surface area contributed by atoms with Crippen LogP contribution in [0.15, 0.2) is 24.3 Å². The highest BCUT2D eigenvalue weighted by molar-refractivity contribution is 7.59. The van der Waals surface area contributed by atoms with Gasteiger partial charge in [0, 0.05) is 18.2 Å². The number of nitrogens with one attached hydrogen (secondary N) is 1. The summed E-state index contributed by atoms with van der Waals surface area (Å²) in [6.45, 7) is 2.96. The van der Waals surface area contributed by atoms with Crippen molar-refractivity contribution in [3.63, 3.8) is 0 Å². The van der Waals surface area contributed by atoms with Gasteiger partial charge in [-0.05, 0) is 87.6 Å². The monoisotopic (exact) mass is 577 g/mol. The zero-order valence-electron chi connectivity index (χ0n) is 22.2. The molecule has 2 amide bonds. The minimum Gasteiger partial charge on any atom is -0.368 e. The highest BCUT2D eigenvalue weighted by Gasteiger charge is 2.49. The summed E-state index contributed by atoms with van der Waals surface area (Å²) in [4.78, 5) is 43.7. The Kier molecular flexibility index (Phi) is 11.4. The first-order valence-corrected chi connectivity index (χ1v) is 14.2. The Morgan fingerprint density at radius 1 is 0.872 bits per heavy atom. The van der Waals surface area contributed by atoms with E-state index in [2.05, 4.69) is 22.3 Å². The van der Waals surface area contributed by atoms with Crippen LogP contribution in [0.3, 0.4) is 0 Å². The van der Waals surface area contributed by atoms with Crippen LogP contribution in [0.4, 0.5) is 0 Å². The van der Waals surface area contributed by atoms with Crippen molar-refractivity contribution in [3.05, 3.63) is 35.4 Å². The fourth-order valence-electron chi connectivity index (χ4n) is 7.17. The molecule has 9 heteroatoms. The number of carbonyl (C=O) groups is 3. The van der Waals surface area contributed by atoms with Crippen LogP contribution in [0.1, 0.15) is 93.5 Å². The average Bonchev–Trinajstić information content (AvgIpc) is 3.62. The van der Waals surface area contributed by atoms with E-state index in [0.717, 1.165) is 31.7 Å². The van der Waals surface area contributed by atoms with Crippen LogP contribution in [0.2, 0.25) is 0 Å². The lowest BCUT2D eigenvalue weighted by Gasteiger charge is -2.42. The lowest BCUT2D eigenvalue weighted by molar-refractivity contribution is -0.139. The number of ether oxygens (including phenoxy) is 1. The molecule has 1 aromatic rings. The molecule has 3 heterocycles. The smallest absolute Gasteiger partial charge is 0.251 e. The van der Waals surface area contributed by atoms with Crippen LogP contribution in [0.25, 0.3) is 0 Å². The molecule has 0 aromatic heterocycles. The summed E-state index contributed by atoms with van der Waals surface area (Å²) in [7, 11) is 0. The Morgan fingerprint density at radius 3 is 2.15 bits per heavy atom. The van der Waals surface area contributed by atoms with E-state index in [1.807, 2.05) is 12.1 Å². The molecule has 0 spiro atoms. The number of hydrogen-bond donors (Lipinski definition) is 1. The molecule has 0 unspecified atom stereocenters. The van der Waals surface area contributed by atoms with Gasteiger partial charge >= 0.3 is 0 Å². The van der Waals surface area contributed by atoms with E-state index in [1.54, 1.807) is 4.90 Å². The second-order valence-corrected chi connectivity index (χ2v) is 11.6. The number of Topliss-reactive ketones (excluding diaryl/α,β-unsaturated/α-hetero) is 1. The van der Waals surface area contributed by atoms with Gasteiger partial charge in [0.15, 0.2) is 5.78 Å². The molecular weight excluding hydrogens is 530 g/mol. The van der Waals surface area contributed by atoms with E-state index in [4.69, 9.17) is 4.74 Å². The molecule has 218 valence electrons. The van der Waals surface area contributed by atoms with Crippen molar-refractivity contribution in [1.29, 1.82) is 0 Å². The van der Waals surface area contributed by atoms with Crippen molar-refractivity contribution in [2.24, 2.45) is 5.92 Å². The van der Waals surface area contributed by atoms with Gasteiger partial charge in [-0.15, -0.1) is 0 Å². The van der Waals surface area contributed by atoms with Crippen molar-refractivity contribution >= 4 is 44.6 Å². The summed E-state index contributed by atoms with van der Waals surface area (Å²) < 4.78 is 5.58. The quantitative estimate of drug-likeness (QED) is 0.550. The molecule has 0 radical (unpaired) electrons. The molecule has 5 fully saturated rings. The molecule has 0 bridgehead atoms. The number of amides is 2. The molecule has 2 aliphatic carbocycles. The van der Waals surface area contributed by atoms with Crippen molar-refractivity contribution in [3.8, 4) is 0 Å². The molecule has 39 heavy (non-hydrogen) atoms. The van der Waals surface area contributed by atoms with Crippen molar-refractivity contribution in [2.45, 2.75) is 102 Å². The number of benzene rings is 1. The van der Waals surface area contributed by atoms with E-state index >= 15 is 0 Å². The van der Waals surface area contributed by atoms with E-state index < -0.39 is 12.1 Å². The Morgan fingerprint density at radius 2 is 1.54 bits per heavy atom. The Hall–Kier alpha value is -1.55. The predicted octanol–water partition coefficient (Wildman–Crippen LogP) is 4.14. The molecule has 6 rings (SSSR count). The van der Waals surface area contributed by atoms with Crippen LogP contribution in [-0.2, 0) is 14.3 Å². The number of likely N-dealkylation sites (tertiary alicyclic amines) is 2. The highest BCUT2D eigenvalue weighted by Crippen LogP contribution is 2.34. The largest absolute Gasteiger partial charge is 0.368 e. The van der Waals surface area contributed by atoms with Crippen molar-refractivity contribution in [1.82, 2.24) is 15.1 Å². The number of rotatable bonds is 6. The maximum atomic E-state index is 13.6. The second-order valence-electron chi connectivity index (χ2n) is 11.6. The lowest BCUT2D eigenvalue weighted by Crippen LogP contribution is -2.54. The topological polar surface area (TPSA) is 79.0 Å². The zero-order valence-corrected chi connectivity index (χ0v) is 24.2.